The van der Waals surface area contributed by atoms with E-state index in [0.29, 0.717) is 12.3 Å². The van der Waals surface area contributed by atoms with E-state index in [0.717, 1.165) is 0 Å². The van der Waals surface area contributed by atoms with Gasteiger partial charge < -0.3 is 9.72 Å². The molecule has 1 aromatic heterocycles. The molecule has 0 spiro atoms. The molecule has 0 saturated heterocycles. The molecule has 0 radical (unpaired) electrons. The first-order valence-electron chi connectivity index (χ1n) is 3.83. The monoisotopic (exact) mass is 246 g/mol. The molecule has 0 aliphatic carbocycles. The van der Waals surface area contributed by atoms with Crippen molar-refractivity contribution >= 4 is 21.9 Å². The van der Waals surface area contributed by atoms with Crippen LogP contribution in [-0.2, 0) is 4.74 Å². The number of H-pyrrole nitrogens is 1. The lowest BCUT2D eigenvalue weighted by Crippen LogP contribution is -2.21. The van der Waals surface area contributed by atoms with Crippen LogP contribution in [-0.4, -0.2) is 26.9 Å². The fourth-order valence-corrected chi connectivity index (χ4v) is 0.797. The van der Waals surface area contributed by atoms with Gasteiger partial charge in [0.1, 0.15) is 12.3 Å². The third-order valence-corrected chi connectivity index (χ3v) is 1.49. The summed E-state index contributed by atoms with van der Waals surface area (Å²) in [4.78, 5) is 17.6. The highest BCUT2D eigenvalue weighted by atomic mass is 79.9. The smallest absolute Gasteiger partial charge is 0.356 e. The Labute approximate surface area is 84.8 Å². The van der Waals surface area contributed by atoms with Crippen molar-refractivity contribution in [2.45, 2.75) is 18.2 Å². The van der Waals surface area contributed by atoms with E-state index in [1.807, 2.05) is 13.8 Å². The predicted molar refractivity (Wildman–Crippen MR) is 51.9 cm³/mol. The molecule has 0 bridgehead atoms. The normalized spacial score (nSPS) is 11.3. The number of aromatic amines is 1. The van der Waals surface area contributed by atoms with E-state index in [2.05, 4.69) is 25.9 Å². The molecule has 5 heteroatoms. The van der Waals surface area contributed by atoms with E-state index in [9.17, 15) is 4.79 Å². The van der Waals surface area contributed by atoms with Crippen molar-refractivity contribution in [1.82, 2.24) is 9.97 Å². The van der Waals surface area contributed by atoms with Gasteiger partial charge in [-0.05, 0) is 13.8 Å². The Hall–Kier alpha value is -0.840. The van der Waals surface area contributed by atoms with Crippen LogP contribution in [0.5, 0.6) is 0 Å². The topological polar surface area (TPSA) is 55.0 Å². The number of carbonyl (C=O) groups excluding carboxylic acids is 1. The minimum Gasteiger partial charge on any atom is -0.460 e. The van der Waals surface area contributed by atoms with Crippen LogP contribution in [0.1, 0.15) is 24.3 Å². The van der Waals surface area contributed by atoms with Crippen LogP contribution in [0.3, 0.4) is 0 Å². The maximum atomic E-state index is 11.2. The van der Waals surface area contributed by atoms with Crippen LogP contribution >= 0.6 is 15.9 Å². The molecule has 0 atom stereocenters. The summed E-state index contributed by atoms with van der Waals surface area (Å²) < 4.78 is 4.80. The highest BCUT2D eigenvalue weighted by molar-refractivity contribution is 9.10. The molecule has 0 fully saturated rings. The first-order valence-corrected chi connectivity index (χ1v) is 4.63. The fraction of sp³-hybridized carbons (Fsp3) is 0.500. The summed E-state index contributed by atoms with van der Waals surface area (Å²) in [5.41, 5.74) is 0.372. The standard InChI is InChI=1S/C8H11BrN2O2/c1-8(2,9)4-13-7(12)6-3-10-5-11-6/h3,5H,4H2,1-2H3,(H,10,11). The number of halogens is 1. The van der Waals surface area contributed by atoms with Crippen molar-refractivity contribution in [2.75, 3.05) is 6.61 Å². The number of carbonyl (C=O) groups is 1. The maximum absolute atomic E-state index is 11.2. The van der Waals surface area contributed by atoms with Gasteiger partial charge in [-0.15, -0.1) is 0 Å². The Balaban J connectivity index is 2.44. The lowest BCUT2D eigenvalue weighted by molar-refractivity contribution is 0.0474. The van der Waals surface area contributed by atoms with Gasteiger partial charge in [0.2, 0.25) is 0 Å². The molecule has 0 aliphatic heterocycles. The highest BCUT2D eigenvalue weighted by Gasteiger charge is 2.17. The number of nitrogens with zero attached hydrogens (tertiary/aromatic N) is 1. The Bertz CT molecular complexity index is 277. The van der Waals surface area contributed by atoms with Crippen LogP contribution in [0, 0.1) is 0 Å². The van der Waals surface area contributed by atoms with Crippen LogP contribution < -0.4 is 0 Å². The zero-order valence-corrected chi connectivity index (χ0v) is 9.09. The van der Waals surface area contributed by atoms with Crippen molar-refractivity contribution in [3.8, 4) is 0 Å². The fourth-order valence-electron chi connectivity index (χ4n) is 0.682. The molecule has 1 rings (SSSR count). The molecule has 1 heterocycles. The molecule has 72 valence electrons. The van der Waals surface area contributed by atoms with Gasteiger partial charge in [-0.1, -0.05) is 15.9 Å². The number of aromatic nitrogens is 2. The summed E-state index contributed by atoms with van der Waals surface area (Å²) >= 11 is 3.37. The number of hydrogen-bond acceptors (Lipinski definition) is 3. The van der Waals surface area contributed by atoms with Gasteiger partial charge in [-0.3, -0.25) is 0 Å². The van der Waals surface area contributed by atoms with Crippen molar-refractivity contribution in [2.24, 2.45) is 0 Å². The largest absolute Gasteiger partial charge is 0.460 e. The summed E-state index contributed by atoms with van der Waals surface area (Å²) in [7, 11) is 0. The maximum Gasteiger partial charge on any atom is 0.356 e. The number of alkyl halides is 1. The number of rotatable bonds is 3. The molecule has 1 N–H and O–H groups in total. The predicted octanol–water partition coefficient (Wildman–Crippen LogP) is 1.74. The molecular weight excluding hydrogens is 236 g/mol. The lowest BCUT2D eigenvalue weighted by atomic mass is 10.2. The number of nitrogens with one attached hydrogen (secondary N) is 1. The van der Waals surface area contributed by atoms with E-state index in [1.165, 1.54) is 12.5 Å². The quantitative estimate of drug-likeness (QED) is 0.653. The molecule has 1 aromatic rings. The Morgan fingerprint density at radius 1 is 1.77 bits per heavy atom. The molecule has 0 aromatic carbocycles. The van der Waals surface area contributed by atoms with Crippen LogP contribution in [0.15, 0.2) is 12.5 Å². The lowest BCUT2D eigenvalue weighted by Gasteiger charge is -2.15. The summed E-state index contributed by atoms with van der Waals surface area (Å²) in [6, 6.07) is 0. The van der Waals surface area contributed by atoms with Gasteiger partial charge in [-0.2, -0.15) is 0 Å². The van der Waals surface area contributed by atoms with E-state index >= 15 is 0 Å². The number of esters is 1. The van der Waals surface area contributed by atoms with Crippen LogP contribution in [0.4, 0.5) is 0 Å². The summed E-state index contributed by atoms with van der Waals surface area (Å²) in [6.45, 7) is 4.17. The number of ether oxygens (including phenoxy) is 1. The van der Waals surface area contributed by atoms with Gasteiger partial charge in [0.25, 0.3) is 0 Å². The van der Waals surface area contributed by atoms with Gasteiger partial charge in [0.15, 0.2) is 0 Å². The van der Waals surface area contributed by atoms with Gasteiger partial charge in [0, 0.05) is 0 Å². The number of imidazole rings is 1. The molecular formula is C8H11BrN2O2. The summed E-state index contributed by atoms with van der Waals surface area (Å²) in [5.74, 6) is -0.384. The molecule has 0 amide bonds. The first-order chi connectivity index (χ1) is 5.99. The Morgan fingerprint density at radius 2 is 2.46 bits per heavy atom. The SMILES string of the molecule is CC(C)(Br)COC(=O)c1cnc[nH]1. The second kappa shape index (κ2) is 3.91. The van der Waals surface area contributed by atoms with E-state index in [4.69, 9.17) is 4.74 Å². The number of hydrogen-bond donors (Lipinski definition) is 1. The molecule has 0 unspecified atom stereocenters. The summed E-state index contributed by atoms with van der Waals surface area (Å²) in [5, 5.41) is 0. The molecule has 13 heavy (non-hydrogen) atoms. The summed E-state index contributed by atoms with van der Waals surface area (Å²) in [6.07, 6.45) is 2.87. The van der Waals surface area contributed by atoms with Crippen molar-refractivity contribution < 1.29 is 9.53 Å². The average Bonchev–Trinajstić information content (AvgIpc) is 2.50. The first kappa shape index (κ1) is 10.2. The third-order valence-electron chi connectivity index (χ3n) is 1.26. The minimum atomic E-state index is -0.384. The van der Waals surface area contributed by atoms with E-state index in [1.54, 1.807) is 0 Å². The van der Waals surface area contributed by atoms with Crippen LogP contribution in [0.25, 0.3) is 0 Å². The second-order valence-corrected chi connectivity index (χ2v) is 5.41. The van der Waals surface area contributed by atoms with Crippen molar-refractivity contribution in [3.63, 3.8) is 0 Å². The van der Waals surface area contributed by atoms with Crippen LogP contribution in [0.2, 0.25) is 0 Å². The molecule has 0 saturated carbocycles. The van der Waals surface area contributed by atoms with E-state index in [-0.39, 0.29) is 10.3 Å². The van der Waals surface area contributed by atoms with E-state index < -0.39 is 0 Å². The zero-order valence-electron chi connectivity index (χ0n) is 7.50. The Kier molecular flexibility index (Phi) is 3.08. The Morgan fingerprint density at radius 3 is 2.92 bits per heavy atom. The molecule has 0 aliphatic rings. The average molecular weight is 247 g/mol. The van der Waals surface area contributed by atoms with Crippen molar-refractivity contribution in [1.29, 1.82) is 0 Å². The minimum absolute atomic E-state index is 0.192. The highest BCUT2D eigenvalue weighted by Crippen LogP contribution is 2.16. The third kappa shape index (κ3) is 3.59. The van der Waals surface area contributed by atoms with Gasteiger partial charge in [0.05, 0.1) is 16.8 Å². The second-order valence-electron chi connectivity index (χ2n) is 3.26. The zero-order chi connectivity index (χ0) is 9.90. The van der Waals surface area contributed by atoms with Crippen molar-refractivity contribution in [3.05, 3.63) is 18.2 Å². The molecule has 4 nitrogen and oxygen atoms in total. The van der Waals surface area contributed by atoms with Gasteiger partial charge in [-0.25, -0.2) is 9.78 Å². The van der Waals surface area contributed by atoms with Gasteiger partial charge >= 0.3 is 5.97 Å².